The maximum absolute atomic E-state index is 12.1. The largest absolute Gasteiger partial charge is 0.486 e. The molecular weight excluding hydrogens is 422 g/mol. The lowest BCUT2D eigenvalue weighted by Gasteiger charge is -2.11. The summed E-state index contributed by atoms with van der Waals surface area (Å²) in [5, 5.41) is 3.38. The quantitative estimate of drug-likeness (QED) is 0.416. The van der Waals surface area contributed by atoms with E-state index in [0.29, 0.717) is 29.5 Å². The molecule has 1 unspecified atom stereocenters. The van der Waals surface area contributed by atoms with E-state index < -0.39 is 0 Å². The molecule has 0 saturated carbocycles. The second kappa shape index (κ2) is 8.50. The van der Waals surface area contributed by atoms with Gasteiger partial charge < -0.3 is 14.5 Å². The first-order valence-corrected chi connectivity index (χ1v) is 10.7. The molecule has 1 aliphatic rings. The van der Waals surface area contributed by atoms with Crippen LogP contribution in [-0.4, -0.2) is 24.3 Å². The van der Waals surface area contributed by atoms with E-state index in [1.807, 2.05) is 43.3 Å². The second-order valence-corrected chi connectivity index (χ2v) is 8.63. The van der Waals surface area contributed by atoms with Gasteiger partial charge in [-0.2, -0.15) is 0 Å². The number of hydrogen-bond acceptors (Lipinski definition) is 5. The van der Waals surface area contributed by atoms with Crippen LogP contribution in [0, 0.1) is 6.92 Å². The number of hydrogen-bond donors (Lipinski definition) is 1. The number of halogens is 1. The Kier molecular flexibility index (Phi) is 5.79. The average molecular weight is 442 g/mol. The van der Waals surface area contributed by atoms with Crippen molar-refractivity contribution in [3.05, 3.63) is 69.5 Å². The topological polar surface area (TPSA) is 68.5 Å². The number of benzene rings is 1. The summed E-state index contributed by atoms with van der Waals surface area (Å²) in [5.74, 6) is 1.92. The Morgan fingerprint density at radius 1 is 1.27 bits per heavy atom. The van der Waals surface area contributed by atoms with Gasteiger partial charge >= 0.3 is 0 Å². The van der Waals surface area contributed by atoms with Crippen LogP contribution in [-0.2, 0) is 11.2 Å². The minimum Gasteiger partial charge on any atom is -0.486 e. The maximum atomic E-state index is 12.1. The predicted molar refractivity (Wildman–Crippen MR) is 118 cm³/mol. The highest BCUT2D eigenvalue weighted by molar-refractivity contribution is 7.17. The average Bonchev–Trinajstić information content (AvgIpc) is 3.43. The van der Waals surface area contributed by atoms with E-state index in [2.05, 4.69) is 5.32 Å². The number of carbonyl (C=O) groups excluding carboxylic acids is 2. The molecule has 7 heteroatoms. The summed E-state index contributed by atoms with van der Waals surface area (Å²) in [7, 11) is 0. The van der Waals surface area contributed by atoms with E-state index in [-0.39, 0.29) is 17.8 Å². The van der Waals surface area contributed by atoms with Gasteiger partial charge in [-0.3, -0.25) is 9.59 Å². The molecule has 1 amide bonds. The van der Waals surface area contributed by atoms with E-state index in [1.165, 1.54) is 17.4 Å². The van der Waals surface area contributed by atoms with E-state index in [0.717, 1.165) is 26.6 Å². The lowest BCUT2D eigenvalue weighted by molar-refractivity contribution is -0.116. The number of aryl methyl sites for hydroxylation is 1. The van der Waals surface area contributed by atoms with Crippen LogP contribution >= 0.6 is 22.9 Å². The number of rotatable bonds is 6. The Hall–Kier alpha value is -2.83. The molecule has 0 radical (unpaired) electrons. The van der Waals surface area contributed by atoms with Crippen molar-refractivity contribution in [2.45, 2.75) is 26.4 Å². The molecule has 4 rings (SSSR count). The molecular formula is C23H20ClNO4S. The smallest absolute Gasteiger partial charge is 0.244 e. The first-order chi connectivity index (χ1) is 14.4. The molecule has 0 saturated heterocycles. The number of thiophene rings is 1. The molecule has 154 valence electrons. The van der Waals surface area contributed by atoms with E-state index in [4.69, 9.17) is 20.8 Å². The Balaban J connectivity index is 1.39. The van der Waals surface area contributed by atoms with Gasteiger partial charge in [-0.05, 0) is 61.9 Å². The molecule has 5 nitrogen and oxygen atoms in total. The molecule has 3 heterocycles. The number of ether oxygens (including phenoxy) is 1. The van der Waals surface area contributed by atoms with Gasteiger partial charge in [0, 0.05) is 22.9 Å². The number of furan rings is 1. The Morgan fingerprint density at radius 2 is 2.10 bits per heavy atom. The zero-order valence-corrected chi connectivity index (χ0v) is 18.1. The number of amides is 1. The summed E-state index contributed by atoms with van der Waals surface area (Å²) in [4.78, 5) is 25.3. The molecule has 1 aliphatic heterocycles. The third-order valence-corrected chi connectivity index (χ3v) is 6.27. The highest BCUT2D eigenvalue weighted by atomic mass is 35.5. The van der Waals surface area contributed by atoms with E-state index in [1.54, 1.807) is 13.0 Å². The van der Waals surface area contributed by atoms with Gasteiger partial charge in [0.05, 0.1) is 16.4 Å². The van der Waals surface area contributed by atoms with Gasteiger partial charge in [0.2, 0.25) is 5.91 Å². The van der Waals surface area contributed by atoms with E-state index in [9.17, 15) is 9.59 Å². The molecule has 1 aromatic carbocycles. The lowest BCUT2D eigenvalue weighted by Crippen LogP contribution is -2.33. The van der Waals surface area contributed by atoms with Gasteiger partial charge in [-0.1, -0.05) is 11.6 Å². The maximum Gasteiger partial charge on any atom is 0.244 e. The molecule has 0 spiro atoms. The third-order valence-electron chi connectivity index (χ3n) is 4.75. The van der Waals surface area contributed by atoms with Crippen LogP contribution in [0.1, 0.15) is 33.7 Å². The van der Waals surface area contributed by atoms with Crippen LogP contribution in [0.5, 0.6) is 5.75 Å². The molecule has 1 atom stereocenters. The number of ketones is 1. The monoisotopic (exact) mass is 441 g/mol. The fraction of sp³-hybridized carbons (Fsp3) is 0.217. The Labute approximate surface area is 183 Å². The van der Waals surface area contributed by atoms with Crippen molar-refractivity contribution in [3.63, 3.8) is 0 Å². The molecule has 0 aliphatic carbocycles. The fourth-order valence-electron chi connectivity index (χ4n) is 3.30. The zero-order chi connectivity index (χ0) is 21.3. The normalized spacial score (nSPS) is 15.2. The summed E-state index contributed by atoms with van der Waals surface area (Å²) in [6, 6.07) is 11.3. The van der Waals surface area contributed by atoms with Crippen molar-refractivity contribution in [2.75, 3.05) is 6.54 Å². The second-order valence-electron chi connectivity index (χ2n) is 7.14. The van der Waals surface area contributed by atoms with Crippen LogP contribution in [0.25, 0.3) is 16.5 Å². The number of Topliss-reactive ketones (excluding diaryl/α,β-unsaturated/α-hetero) is 1. The number of fused-ring (bicyclic) bond motifs is 1. The molecule has 1 N–H and O–H groups in total. The summed E-state index contributed by atoms with van der Waals surface area (Å²) in [6.07, 6.45) is 3.53. The SMILES string of the molecule is CC(=O)c1ccc(-c2cc(Cl)c3c(c2)CC(CNC(=O)C=Cc2ccc(C)o2)O3)s1. The zero-order valence-electron chi connectivity index (χ0n) is 16.5. The van der Waals surface area contributed by atoms with Crippen molar-refractivity contribution in [2.24, 2.45) is 0 Å². The van der Waals surface area contributed by atoms with Crippen molar-refractivity contribution in [3.8, 4) is 16.2 Å². The van der Waals surface area contributed by atoms with Gasteiger partial charge in [0.15, 0.2) is 5.78 Å². The third kappa shape index (κ3) is 4.50. The highest BCUT2D eigenvalue weighted by Gasteiger charge is 2.26. The summed E-state index contributed by atoms with van der Waals surface area (Å²) >= 11 is 7.89. The highest BCUT2D eigenvalue weighted by Crippen LogP contribution is 2.41. The first-order valence-electron chi connectivity index (χ1n) is 9.51. The molecule has 30 heavy (non-hydrogen) atoms. The van der Waals surface area contributed by atoms with Gasteiger partial charge in [-0.15, -0.1) is 11.3 Å². The molecule has 0 bridgehead atoms. The van der Waals surface area contributed by atoms with Crippen molar-refractivity contribution in [1.29, 1.82) is 0 Å². The van der Waals surface area contributed by atoms with Crippen LogP contribution in [0.4, 0.5) is 0 Å². The molecule has 0 fully saturated rings. The van der Waals surface area contributed by atoms with Crippen molar-refractivity contribution in [1.82, 2.24) is 5.32 Å². The molecule has 3 aromatic rings. The Morgan fingerprint density at radius 3 is 2.80 bits per heavy atom. The van der Waals surface area contributed by atoms with Crippen LogP contribution in [0.3, 0.4) is 0 Å². The minimum atomic E-state index is -0.217. The minimum absolute atomic E-state index is 0.0499. The number of carbonyl (C=O) groups is 2. The lowest BCUT2D eigenvalue weighted by atomic mass is 10.1. The number of nitrogens with one attached hydrogen (secondary N) is 1. The standard InChI is InChI=1S/C23H20ClNO4S/c1-13-3-4-17(28-13)5-8-22(27)25-12-18-10-16-9-15(11-19(24)23(16)29-18)21-7-6-20(30-21)14(2)26/h3-9,11,18H,10,12H2,1-2H3,(H,25,27). The van der Waals surface area contributed by atoms with Crippen LogP contribution in [0.2, 0.25) is 5.02 Å². The van der Waals surface area contributed by atoms with Crippen molar-refractivity contribution >= 4 is 40.7 Å². The fourth-order valence-corrected chi connectivity index (χ4v) is 4.47. The van der Waals surface area contributed by atoms with Gasteiger partial charge in [-0.25, -0.2) is 0 Å². The Bertz CT molecular complexity index is 1140. The van der Waals surface area contributed by atoms with E-state index >= 15 is 0 Å². The van der Waals surface area contributed by atoms with Crippen molar-refractivity contribution < 1.29 is 18.7 Å². The van der Waals surface area contributed by atoms with Gasteiger partial charge in [0.25, 0.3) is 0 Å². The van der Waals surface area contributed by atoms with Gasteiger partial charge in [0.1, 0.15) is 23.4 Å². The summed E-state index contributed by atoms with van der Waals surface area (Å²) in [6.45, 7) is 3.78. The summed E-state index contributed by atoms with van der Waals surface area (Å²) < 4.78 is 11.4. The first kappa shape index (κ1) is 20.4. The summed E-state index contributed by atoms with van der Waals surface area (Å²) in [5.41, 5.74) is 1.96. The molecule has 2 aromatic heterocycles. The predicted octanol–water partition coefficient (Wildman–Crippen LogP) is 5.31. The van der Waals surface area contributed by atoms with Crippen LogP contribution in [0.15, 0.2) is 46.9 Å². The van der Waals surface area contributed by atoms with Crippen LogP contribution < -0.4 is 10.1 Å².